The third-order valence-corrected chi connectivity index (χ3v) is 7.32. The van der Waals surface area contributed by atoms with Crippen LogP contribution in [0.2, 0.25) is 0 Å². The summed E-state index contributed by atoms with van der Waals surface area (Å²) >= 11 is 0. The van der Waals surface area contributed by atoms with Gasteiger partial charge in [0.25, 0.3) is 0 Å². The first-order chi connectivity index (χ1) is 13.6. The number of nitrogens with zero attached hydrogens (tertiary/aromatic N) is 1. The van der Waals surface area contributed by atoms with Crippen LogP contribution in [0.25, 0.3) is 10.9 Å². The average molecular weight is 384 g/mol. The number of hydrogen-bond donors (Lipinski definition) is 2. The zero-order valence-corrected chi connectivity index (χ0v) is 16.5. The second-order valence-corrected chi connectivity index (χ2v) is 8.51. The van der Waals surface area contributed by atoms with Gasteiger partial charge in [-0.1, -0.05) is 6.07 Å². The Labute approximate surface area is 164 Å². The zero-order valence-electron chi connectivity index (χ0n) is 16.5. The Hall–Kier alpha value is -2.05. The number of esters is 1. The minimum absolute atomic E-state index is 0.164. The van der Waals surface area contributed by atoms with E-state index >= 15 is 0 Å². The molecular formula is C22H28N2O4. The molecule has 0 bridgehead atoms. The van der Waals surface area contributed by atoms with Crippen molar-refractivity contribution in [2.75, 3.05) is 27.3 Å². The van der Waals surface area contributed by atoms with E-state index in [1.165, 1.54) is 23.8 Å². The number of piperidine rings is 1. The number of H-pyrrole nitrogens is 1. The number of carbonyl (C=O) groups excluding carboxylic acids is 1. The fourth-order valence-corrected chi connectivity index (χ4v) is 6.04. The van der Waals surface area contributed by atoms with E-state index in [9.17, 15) is 9.90 Å². The molecule has 1 saturated carbocycles. The van der Waals surface area contributed by atoms with Gasteiger partial charge >= 0.3 is 5.97 Å². The molecule has 0 amide bonds. The van der Waals surface area contributed by atoms with E-state index in [0.29, 0.717) is 12.3 Å². The Kier molecular flexibility index (Phi) is 4.36. The van der Waals surface area contributed by atoms with Gasteiger partial charge in [-0.2, -0.15) is 0 Å². The monoisotopic (exact) mass is 384 g/mol. The molecule has 1 saturated heterocycles. The Balaban J connectivity index is 1.54. The predicted octanol–water partition coefficient (Wildman–Crippen LogP) is 2.66. The quantitative estimate of drug-likeness (QED) is 0.779. The lowest BCUT2D eigenvalue weighted by Gasteiger charge is -2.50. The standard InChI is InChI=1S/C22H28N2O4/c1-27-18-5-3-4-15-19(18)13-8-9-24-11-12-6-7-17(25)20(22(26)28-2)14(12)10-16(24)21(13)23-15/h3-5,12,14,16-17,20,23,25H,6-11H2,1-2H3/t12-,14+,16-,17-,20+/m0/s1. The molecule has 6 heteroatoms. The van der Waals surface area contributed by atoms with Crippen molar-refractivity contribution in [1.82, 2.24) is 9.88 Å². The number of fused-ring (bicyclic) bond motifs is 6. The van der Waals surface area contributed by atoms with Crippen LogP contribution in [0.5, 0.6) is 5.75 Å². The number of rotatable bonds is 2. The van der Waals surface area contributed by atoms with E-state index < -0.39 is 12.0 Å². The highest BCUT2D eigenvalue weighted by Gasteiger charge is 2.49. The highest BCUT2D eigenvalue weighted by atomic mass is 16.5. The Bertz CT molecular complexity index is 907. The van der Waals surface area contributed by atoms with Gasteiger partial charge in [-0.05, 0) is 55.2 Å². The number of aliphatic hydroxyl groups excluding tert-OH is 1. The summed E-state index contributed by atoms with van der Waals surface area (Å²) in [7, 11) is 3.15. The number of hydrogen-bond acceptors (Lipinski definition) is 5. The maximum Gasteiger partial charge on any atom is 0.311 e. The molecule has 5 rings (SSSR count). The maximum absolute atomic E-state index is 12.4. The van der Waals surface area contributed by atoms with Crippen molar-refractivity contribution in [2.24, 2.45) is 17.8 Å². The van der Waals surface area contributed by atoms with Crippen LogP contribution >= 0.6 is 0 Å². The number of ether oxygens (including phenoxy) is 2. The number of benzene rings is 1. The molecule has 6 nitrogen and oxygen atoms in total. The van der Waals surface area contributed by atoms with E-state index in [-0.39, 0.29) is 17.9 Å². The Morgan fingerprint density at radius 2 is 2.14 bits per heavy atom. The van der Waals surface area contributed by atoms with Crippen LogP contribution in [0, 0.1) is 17.8 Å². The molecule has 2 aliphatic heterocycles. The van der Waals surface area contributed by atoms with E-state index in [2.05, 4.69) is 16.0 Å². The second kappa shape index (κ2) is 6.78. The minimum Gasteiger partial charge on any atom is -0.496 e. The molecule has 150 valence electrons. The first-order valence-corrected chi connectivity index (χ1v) is 10.3. The summed E-state index contributed by atoms with van der Waals surface area (Å²) in [6, 6.07) is 6.39. The molecule has 3 aliphatic rings. The predicted molar refractivity (Wildman–Crippen MR) is 105 cm³/mol. The molecule has 0 unspecified atom stereocenters. The van der Waals surface area contributed by atoms with Crippen molar-refractivity contribution in [3.05, 3.63) is 29.5 Å². The summed E-state index contributed by atoms with van der Waals surface area (Å²) in [5, 5.41) is 11.7. The summed E-state index contributed by atoms with van der Waals surface area (Å²) in [5.74, 6) is 0.860. The van der Waals surface area contributed by atoms with Gasteiger partial charge in [-0.15, -0.1) is 0 Å². The van der Waals surface area contributed by atoms with Crippen LogP contribution in [0.4, 0.5) is 0 Å². The fourth-order valence-electron chi connectivity index (χ4n) is 6.04. The smallest absolute Gasteiger partial charge is 0.311 e. The molecule has 0 radical (unpaired) electrons. The van der Waals surface area contributed by atoms with Gasteiger partial charge in [-0.3, -0.25) is 9.69 Å². The molecule has 2 N–H and O–H groups in total. The number of carbonyl (C=O) groups is 1. The molecule has 2 fully saturated rings. The molecule has 1 aromatic heterocycles. The average Bonchev–Trinajstić information content (AvgIpc) is 3.11. The minimum atomic E-state index is -0.592. The Morgan fingerprint density at radius 1 is 1.29 bits per heavy atom. The summed E-state index contributed by atoms with van der Waals surface area (Å²) in [6.45, 7) is 2.01. The normalized spacial score (nSPS) is 32.3. The number of aromatic amines is 1. The van der Waals surface area contributed by atoms with Crippen LogP contribution in [0.15, 0.2) is 18.2 Å². The molecule has 0 spiro atoms. The van der Waals surface area contributed by atoms with Gasteiger partial charge in [0.1, 0.15) is 5.75 Å². The molecule has 5 atom stereocenters. The van der Waals surface area contributed by atoms with E-state index in [0.717, 1.165) is 43.6 Å². The van der Waals surface area contributed by atoms with Crippen molar-refractivity contribution in [2.45, 2.75) is 37.8 Å². The fraction of sp³-hybridized carbons (Fsp3) is 0.591. The number of aromatic nitrogens is 1. The van der Waals surface area contributed by atoms with Crippen LogP contribution in [-0.4, -0.2) is 54.4 Å². The van der Waals surface area contributed by atoms with E-state index in [1.54, 1.807) is 7.11 Å². The second-order valence-electron chi connectivity index (χ2n) is 8.51. The molecule has 1 aromatic carbocycles. The first kappa shape index (κ1) is 18.0. The van der Waals surface area contributed by atoms with Gasteiger partial charge in [0.2, 0.25) is 0 Å². The van der Waals surface area contributed by atoms with Gasteiger partial charge in [0, 0.05) is 29.7 Å². The van der Waals surface area contributed by atoms with Gasteiger partial charge in [0.15, 0.2) is 0 Å². The van der Waals surface area contributed by atoms with Crippen molar-refractivity contribution in [3.8, 4) is 5.75 Å². The number of methoxy groups -OCH3 is 2. The zero-order chi connectivity index (χ0) is 19.4. The maximum atomic E-state index is 12.4. The number of nitrogens with one attached hydrogen (secondary N) is 1. The highest BCUT2D eigenvalue weighted by Crippen LogP contribution is 2.50. The lowest BCUT2D eigenvalue weighted by molar-refractivity contribution is -0.160. The largest absolute Gasteiger partial charge is 0.496 e. The van der Waals surface area contributed by atoms with Crippen LogP contribution in [0.3, 0.4) is 0 Å². The van der Waals surface area contributed by atoms with Crippen LogP contribution in [0.1, 0.15) is 36.6 Å². The topological polar surface area (TPSA) is 74.8 Å². The molecule has 3 heterocycles. The van der Waals surface area contributed by atoms with E-state index in [4.69, 9.17) is 9.47 Å². The van der Waals surface area contributed by atoms with Crippen LogP contribution < -0.4 is 4.74 Å². The van der Waals surface area contributed by atoms with Gasteiger partial charge in [0.05, 0.1) is 32.3 Å². The highest BCUT2D eigenvalue weighted by molar-refractivity contribution is 5.91. The Morgan fingerprint density at radius 3 is 2.93 bits per heavy atom. The first-order valence-electron chi connectivity index (χ1n) is 10.3. The molecule has 2 aromatic rings. The van der Waals surface area contributed by atoms with Crippen molar-refractivity contribution < 1.29 is 19.4 Å². The molecule has 1 aliphatic carbocycles. The number of aliphatic hydroxyl groups is 1. The van der Waals surface area contributed by atoms with Crippen molar-refractivity contribution in [3.63, 3.8) is 0 Å². The molecular weight excluding hydrogens is 356 g/mol. The van der Waals surface area contributed by atoms with Gasteiger partial charge < -0.3 is 19.6 Å². The van der Waals surface area contributed by atoms with Gasteiger partial charge in [-0.25, -0.2) is 0 Å². The molecule has 28 heavy (non-hydrogen) atoms. The third kappa shape index (κ3) is 2.58. The summed E-state index contributed by atoms with van der Waals surface area (Å²) in [5.41, 5.74) is 3.72. The summed E-state index contributed by atoms with van der Waals surface area (Å²) < 4.78 is 10.7. The SMILES string of the molecule is COC(=O)[C@@H]1[C@@H]2C[C@H]3c4[nH]c5cccc(OC)c5c4CCN3C[C@@H]2CC[C@@H]1O. The summed E-state index contributed by atoms with van der Waals surface area (Å²) in [4.78, 5) is 18.7. The summed E-state index contributed by atoms with van der Waals surface area (Å²) in [6.07, 6.45) is 2.96. The van der Waals surface area contributed by atoms with Crippen molar-refractivity contribution >= 4 is 16.9 Å². The lowest BCUT2D eigenvalue weighted by atomic mass is 9.65. The van der Waals surface area contributed by atoms with Crippen molar-refractivity contribution in [1.29, 1.82) is 0 Å². The lowest BCUT2D eigenvalue weighted by Crippen LogP contribution is -2.53. The third-order valence-electron chi connectivity index (χ3n) is 7.32. The van der Waals surface area contributed by atoms with E-state index in [1.807, 2.05) is 12.1 Å². The van der Waals surface area contributed by atoms with Crippen LogP contribution in [-0.2, 0) is 16.0 Å².